The van der Waals surface area contributed by atoms with Crippen LogP contribution in [0.5, 0.6) is 0 Å². The van der Waals surface area contributed by atoms with Crippen molar-refractivity contribution in [3.8, 4) is 11.3 Å². The van der Waals surface area contributed by atoms with Crippen molar-refractivity contribution in [2.24, 2.45) is 0 Å². The van der Waals surface area contributed by atoms with Crippen LogP contribution in [0.3, 0.4) is 0 Å². The van der Waals surface area contributed by atoms with Crippen molar-refractivity contribution in [3.05, 3.63) is 65.2 Å². The van der Waals surface area contributed by atoms with Crippen molar-refractivity contribution >= 4 is 33.1 Å². The second-order valence-electron chi connectivity index (χ2n) is 7.07. The lowest BCUT2D eigenvalue weighted by atomic mass is 10.1. The van der Waals surface area contributed by atoms with E-state index >= 15 is 0 Å². The van der Waals surface area contributed by atoms with E-state index in [2.05, 4.69) is 19.8 Å². The van der Waals surface area contributed by atoms with Crippen LogP contribution in [0.1, 0.15) is 18.4 Å². The molecule has 4 rings (SSSR count). The molecule has 0 spiro atoms. The average molecular weight is 429 g/mol. The van der Waals surface area contributed by atoms with Gasteiger partial charge in [0.1, 0.15) is 0 Å². The largest absolute Gasteiger partial charge is 0.355 e. The van der Waals surface area contributed by atoms with Gasteiger partial charge in [-0.15, -0.1) is 10.2 Å². The third-order valence-corrected chi connectivity index (χ3v) is 6.69. The number of nitrogens with zero attached hydrogens (tertiary/aromatic N) is 3. The summed E-state index contributed by atoms with van der Waals surface area (Å²) < 4.78 is 28.2. The van der Waals surface area contributed by atoms with Crippen LogP contribution in [-0.4, -0.2) is 31.7 Å². The molecule has 0 unspecified atom stereocenters. The Morgan fingerprint density at radius 3 is 2.52 bits per heavy atom. The van der Waals surface area contributed by atoms with E-state index in [1.165, 1.54) is 18.9 Å². The van der Waals surface area contributed by atoms with Crippen LogP contribution in [0.25, 0.3) is 11.3 Å². The Hall–Kier alpha value is -2.64. The Balaban J connectivity index is 1.58. The van der Waals surface area contributed by atoms with Gasteiger partial charge in [-0.05, 0) is 61.7 Å². The van der Waals surface area contributed by atoms with E-state index in [-0.39, 0.29) is 4.90 Å². The highest BCUT2D eigenvalue weighted by Crippen LogP contribution is 2.26. The Bertz CT molecular complexity index is 1130. The number of aromatic nitrogens is 2. The van der Waals surface area contributed by atoms with Crippen LogP contribution in [0, 0.1) is 6.92 Å². The van der Waals surface area contributed by atoms with Crippen molar-refractivity contribution in [1.82, 2.24) is 10.2 Å². The van der Waals surface area contributed by atoms with Gasteiger partial charge < -0.3 is 4.90 Å². The number of rotatable bonds is 5. The first-order valence-corrected chi connectivity index (χ1v) is 11.3. The van der Waals surface area contributed by atoms with Gasteiger partial charge in [-0.25, -0.2) is 8.42 Å². The summed E-state index contributed by atoms with van der Waals surface area (Å²) in [6.45, 7) is 3.75. The van der Waals surface area contributed by atoms with Crippen molar-refractivity contribution in [1.29, 1.82) is 0 Å². The van der Waals surface area contributed by atoms with E-state index < -0.39 is 10.0 Å². The molecule has 150 valence electrons. The van der Waals surface area contributed by atoms with Crippen LogP contribution in [0.2, 0.25) is 5.02 Å². The summed E-state index contributed by atoms with van der Waals surface area (Å²) in [5.74, 6) is 0.875. The molecule has 0 amide bonds. The number of halogens is 1. The van der Waals surface area contributed by atoms with Crippen molar-refractivity contribution in [3.63, 3.8) is 0 Å². The quantitative estimate of drug-likeness (QED) is 0.647. The van der Waals surface area contributed by atoms with Gasteiger partial charge in [0, 0.05) is 29.4 Å². The molecular formula is C21H21ClN4O2S. The van der Waals surface area contributed by atoms with Crippen LogP contribution < -0.4 is 9.62 Å². The minimum Gasteiger partial charge on any atom is -0.355 e. The number of hydrogen-bond donors (Lipinski definition) is 1. The Labute approximate surface area is 175 Å². The summed E-state index contributed by atoms with van der Waals surface area (Å²) in [5, 5.41) is 9.03. The second-order valence-corrected chi connectivity index (χ2v) is 9.15. The summed E-state index contributed by atoms with van der Waals surface area (Å²) in [7, 11) is -3.76. The van der Waals surface area contributed by atoms with Crippen LogP contribution in [-0.2, 0) is 10.0 Å². The summed E-state index contributed by atoms with van der Waals surface area (Å²) in [4.78, 5) is 2.37. The molecule has 1 N–H and O–H groups in total. The van der Waals surface area contributed by atoms with E-state index in [1.807, 2.05) is 18.2 Å². The van der Waals surface area contributed by atoms with Gasteiger partial charge in [0.25, 0.3) is 10.0 Å². The fraction of sp³-hybridized carbons (Fsp3) is 0.238. The first-order valence-electron chi connectivity index (χ1n) is 9.40. The highest BCUT2D eigenvalue weighted by Gasteiger charge is 2.18. The highest BCUT2D eigenvalue weighted by atomic mass is 35.5. The maximum absolute atomic E-state index is 12.8. The van der Waals surface area contributed by atoms with E-state index in [0.29, 0.717) is 22.0 Å². The summed E-state index contributed by atoms with van der Waals surface area (Å²) in [5.41, 5.74) is 2.55. The third kappa shape index (κ3) is 4.36. The van der Waals surface area contributed by atoms with Crippen LogP contribution >= 0.6 is 11.6 Å². The molecule has 0 radical (unpaired) electrons. The molecule has 0 saturated carbocycles. The van der Waals surface area contributed by atoms with E-state index in [0.717, 1.165) is 24.5 Å². The predicted molar refractivity (Wildman–Crippen MR) is 116 cm³/mol. The smallest absolute Gasteiger partial charge is 0.262 e. The summed E-state index contributed by atoms with van der Waals surface area (Å²) in [6, 6.07) is 15.8. The normalized spacial score (nSPS) is 14.2. The summed E-state index contributed by atoms with van der Waals surface area (Å²) >= 11 is 5.98. The Kier molecular flexibility index (Phi) is 5.43. The molecule has 0 bridgehead atoms. The molecule has 1 fully saturated rings. The lowest BCUT2D eigenvalue weighted by Crippen LogP contribution is -2.19. The number of hydrogen-bond acceptors (Lipinski definition) is 5. The molecule has 0 atom stereocenters. The van der Waals surface area contributed by atoms with E-state index in [9.17, 15) is 8.42 Å². The standard InChI is InChI=1S/C21H21ClN4O2S/c1-15-7-8-17(22)14-20(15)29(27,28)25-18-6-4-5-16(13-18)19-9-10-21(24-23-19)26-11-2-3-12-26/h4-10,13-14,25H,2-3,11-12H2,1H3. The van der Waals surface area contributed by atoms with Gasteiger partial charge in [-0.3, -0.25) is 4.72 Å². The fourth-order valence-electron chi connectivity index (χ4n) is 3.41. The lowest BCUT2D eigenvalue weighted by molar-refractivity contribution is 0.600. The molecule has 8 heteroatoms. The monoisotopic (exact) mass is 428 g/mol. The Morgan fingerprint density at radius 2 is 1.79 bits per heavy atom. The lowest BCUT2D eigenvalue weighted by Gasteiger charge is -2.15. The molecule has 2 heterocycles. The predicted octanol–water partition coefficient (Wildman–Crippen LogP) is 4.51. The number of sulfonamides is 1. The first kappa shape index (κ1) is 19.7. The maximum atomic E-state index is 12.8. The number of benzene rings is 2. The number of nitrogens with one attached hydrogen (secondary N) is 1. The zero-order valence-corrected chi connectivity index (χ0v) is 17.5. The van der Waals surface area contributed by atoms with Crippen molar-refractivity contribution in [2.75, 3.05) is 22.7 Å². The van der Waals surface area contributed by atoms with Gasteiger partial charge in [0.15, 0.2) is 5.82 Å². The molecule has 1 aromatic heterocycles. The minimum atomic E-state index is -3.76. The molecule has 2 aromatic carbocycles. The van der Waals surface area contributed by atoms with Crippen LogP contribution in [0.4, 0.5) is 11.5 Å². The average Bonchev–Trinajstić information content (AvgIpc) is 3.25. The van der Waals surface area contributed by atoms with Gasteiger partial charge in [-0.2, -0.15) is 0 Å². The molecular weight excluding hydrogens is 408 g/mol. The number of anilines is 2. The fourth-order valence-corrected chi connectivity index (χ4v) is 4.97. The SMILES string of the molecule is Cc1ccc(Cl)cc1S(=O)(=O)Nc1cccc(-c2ccc(N3CCCC3)nn2)c1. The highest BCUT2D eigenvalue weighted by molar-refractivity contribution is 7.92. The zero-order valence-electron chi connectivity index (χ0n) is 16.0. The maximum Gasteiger partial charge on any atom is 0.262 e. The molecule has 6 nitrogen and oxygen atoms in total. The van der Waals surface area contributed by atoms with Crippen LogP contribution in [0.15, 0.2) is 59.5 Å². The van der Waals surface area contributed by atoms with Crippen molar-refractivity contribution in [2.45, 2.75) is 24.7 Å². The molecule has 1 aliphatic rings. The van der Waals surface area contributed by atoms with E-state index in [4.69, 9.17) is 11.6 Å². The zero-order chi connectivity index (χ0) is 20.4. The summed E-state index contributed by atoms with van der Waals surface area (Å²) in [6.07, 6.45) is 2.36. The molecule has 1 aliphatic heterocycles. The second kappa shape index (κ2) is 8.00. The molecule has 3 aromatic rings. The molecule has 29 heavy (non-hydrogen) atoms. The van der Waals surface area contributed by atoms with E-state index in [1.54, 1.807) is 37.3 Å². The molecule has 1 saturated heterocycles. The first-order chi connectivity index (χ1) is 13.9. The van der Waals surface area contributed by atoms with Gasteiger partial charge in [0.05, 0.1) is 10.6 Å². The minimum absolute atomic E-state index is 0.158. The van der Waals surface area contributed by atoms with Gasteiger partial charge in [-0.1, -0.05) is 29.8 Å². The topological polar surface area (TPSA) is 75.2 Å². The van der Waals surface area contributed by atoms with Gasteiger partial charge >= 0.3 is 0 Å². The molecule has 0 aliphatic carbocycles. The van der Waals surface area contributed by atoms with Crippen molar-refractivity contribution < 1.29 is 8.42 Å². The Morgan fingerprint density at radius 1 is 1.00 bits per heavy atom. The number of aryl methyl sites for hydroxylation is 1. The third-order valence-electron chi connectivity index (χ3n) is 4.93. The van der Waals surface area contributed by atoms with Gasteiger partial charge in [0.2, 0.25) is 0 Å².